The van der Waals surface area contributed by atoms with E-state index in [0.29, 0.717) is 11.2 Å². The Morgan fingerprint density at radius 3 is 2.93 bits per heavy atom. The van der Waals surface area contributed by atoms with Crippen LogP contribution in [0.3, 0.4) is 0 Å². The summed E-state index contributed by atoms with van der Waals surface area (Å²) in [4.78, 5) is 14.1. The standard InChI is InChI=1S/C10H18N2OS.ClH/c1-8-7-12(4-5-14-8)10(13)9-2-3-11-6-9;/h8-9,11H,2-7H2,1H3;1H/t8?,9-;/m0./s1. The van der Waals surface area contributed by atoms with E-state index in [1.165, 1.54) is 0 Å². The van der Waals surface area contributed by atoms with E-state index >= 15 is 0 Å². The third-order valence-electron chi connectivity index (χ3n) is 2.96. The van der Waals surface area contributed by atoms with Gasteiger partial charge in [-0.05, 0) is 13.0 Å². The number of amides is 1. The minimum Gasteiger partial charge on any atom is -0.340 e. The largest absolute Gasteiger partial charge is 0.340 e. The van der Waals surface area contributed by atoms with Crippen molar-refractivity contribution in [3.8, 4) is 0 Å². The summed E-state index contributed by atoms with van der Waals surface area (Å²) in [7, 11) is 0. The molecule has 2 fully saturated rings. The molecule has 15 heavy (non-hydrogen) atoms. The van der Waals surface area contributed by atoms with Crippen LogP contribution in [0.1, 0.15) is 13.3 Å². The number of hydrogen-bond donors (Lipinski definition) is 1. The van der Waals surface area contributed by atoms with Crippen LogP contribution < -0.4 is 5.32 Å². The van der Waals surface area contributed by atoms with Crippen LogP contribution in [-0.2, 0) is 4.79 Å². The van der Waals surface area contributed by atoms with Gasteiger partial charge in [-0.25, -0.2) is 0 Å². The van der Waals surface area contributed by atoms with E-state index in [2.05, 4.69) is 17.1 Å². The van der Waals surface area contributed by atoms with Crippen molar-refractivity contribution in [2.24, 2.45) is 5.92 Å². The molecule has 2 atom stereocenters. The third-order valence-corrected chi connectivity index (χ3v) is 4.10. The van der Waals surface area contributed by atoms with Crippen LogP contribution in [0.5, 0.6) is 0 Å². The van der Waals surface area contributed by atoms with Gasteiger partial charge in [0.05, 0.1) is 5.92 Å². The molecule has 0 aromatic rings. The molecule has 0 bridgehead atoms. The number of nitrogens with zero attached hydrogens (tertiary/aromatic N) is 1. The van der Waals surface area contributed by atoms with Gasteiger partial charge in [-0.2, -0.15) is 11.8 Å². The van der Waals surface area contributed by atoms with Crippen molar-refractivity contribution in [3.05, 3.63) is 0 Å². The molecule has 2 saturated heterocycles. The van der Waals surface area contributed by atoms with Crippen molar-refractivity contribution in [2.45, 2.75) is 18.6 Å². The molecular formula is C10H19ClN2OS. The predicted molar refractivity (Wildman–Crippen MR) is 66.7 cm³/mol. The maximum atomic E-state index is 12.0. The monoisotopic (exact) mass is 250 g/mol. The van der Waals surface area contributed by atoms with Gasteiger partial charge in [0.2, 0.25) is 5.91 Å². The van der Waals surface area contributed by atoms with Gasteiger partial charge >= 0.3 is 0 Å². The zero-order valence-electron chi connectivity index (χ0n) is 9.07. The van der Waals surface area contributed by atoms with Gasteiger partial charge in [0.1, 0.15) is 0 Å². The molecule has 2 aliphatic heterocycles. The highest BCUT2D eigenvalue weighted by atomic mass is 35.5. The lowest BCUT2D eigenvalue weighted by atomic mass is 10.1. The number of halogens is 1. The van der Waals surface area contributed by atoms with Crippen molar-refractivity contribution in [3.63, 3.8) is 0 Å². The first kappa shape index (κ1) is 13.1. The Hall–Kier alpha value is 0.0700. The summed E-state index contributed by atoms with van der Waals surface area (Å²) in [6, 6.07) is 0. The van der Waals surface area contributed by atoms with Crippen molar-refractivity contribution in [2.75, 3.05) is 31.9 Å². The topological polar surface area (TPSA) is 32.3 Å². The number of carbonyl (C=O) groups is 1. The number of thioether (sulfide) groups is 1. The first-order valence-electron chi connectivity index (χ1n) is 5.38. The SMILES string of the molecule is CC1CN(C(=O)[C@H]2CCNC2)CCS1.Cl. The zero-order chi connectivity index (χ0) is 9.97. The van der Waals surface area contributed by atoms with Crippen molar-refractivity contribution < 1.29 is 4.79 Å². The lowest BCUT2D eigenvalue weighted by molar-refractivity contribution is -0.134. The van der Waals surface area contributed by atoms with E-state index in [0.717, 1.165) is 38.4 Å². The molecule has 0 aromatic carbocycles. The summed E-state index contributed by atoms with van der Waals surface area (Å²) in [5.74, 6) is 1.74. The molecule has 5 heteroatoms. The van der Waals surface area contributed by atoms with Crippen LogP contribution in [0.2, 0.25) is 0 Å². The van der Waals surface area contributed by atoms with Gasteiger partial charge < -0.3 is 10.2 Å². The molecule has 3 nitrogen and oxygen atoms in total. The van der Waals surface area contributed by atoms with Gasteiger partial charge in [0.15, 0.2) is 0 Å². The number of hydrogen-bond acceptors (Lipinski definition) is 3. The Morgan fingerprint density at radius 1 is 1.53 bits per heavy atom. The summed E-state index contributed by atoms with van der Waals surface area (Å²) >= 11 is 1.97. The van der Waals surface area contributed by atoms with Gasteiger partial charge in [0.25, 0.3) is 0 Å². The highest BCUT2D eigenvalue weighted by Gasteiger charge is 2.29. The Bertz CT molecular complexity index is 221. The van der Waals surface area contributed by atoms with Crippen molar-refractivity contribution in [1.29, 1.82) is 0 Å². The third kappa shape index (κ3) is 3.26. The molecule has 0 aliphatic carbocycles. The highest BCUT2D eigenvalue weighted by molar-refractivity contribution is 7.99. The normalized spacial score (nSPS) is 31.1. The molecule has 2 aliphatic rings. The van der Waals surface area contributed by atoms with Crippen LogP contribution in [0.4, 0.5) is 0 Å². The molecule has 0 aromatic heterocycles. The molecule has 0 radical (unpaired) electrons. The lowest BCUT2D eigenvalue weighted by Crippen LogP contribution is -2.44. The minimum absolute atomic E-state index is 0. The van der Waals surface area contributed by atoms with E-state index in [4.69, 9.17) is 0 Å². The smallest absolute Gasteiger partial charge is 0.227 e. The molecule has 2 heterocycles. The highest BCUT2D eigenvalue weighted by Crippen LogP contribution is 2.20. The maximum Gasteiger partial charge on any atom is 0.227 e. The second-order valence-corrected chi connectivity index (χ2v) is 5.70. The maximum absolute atomic E-state index is 12.0. The fourth-order valence-electron chi connectivity index (χ4n) is 2.14. The van der Waals surface area contributed by atoms with Crippen molar-refractivity contribution in [1.82, 2.24) is 10.2 Å². The van der Waals surface area contributed by atoms with Gasteiger partial charge in [-0.15, -0.1) is 12.4 Å². The Balaban J connectivity index is 0.00000112. The fourth-order valence-corrected chi connectivity index (χ4v) is 3.16. The molecule has 88 valence electrons. The summed E-state index contributed by atoms with van der Waals surface area (Å²) < 4.78 is 0. The minimum atomic E-state index is 0. The average Bonchev–Trinajstić information content (AvgIpc) is 2.69. The van der Waals surface area contributed by atoms with Crippen LogP contribution in [-0.4, -0.2) is 48.0 Å². The first-order valence-corrected chi connectivity index (χ1v) is 6.43. The predicted octanol–water partition coefficient (Wildman–Crippen LogP) is 0.982. The summed E-state index contributed by atoms with van der Waals surface area (Å²) in [5, 5.41) is 3.86. The number of carbonyl (C=O) groups excluding carboxylic acids is 1. The van der Waals surface area contributed by atoms with E-state index in [-0.39, 0.29) is 18.3 Å². The van der Waals surface area contributed by atoms with E-state index < -0.39 is 0 Å². The zero-order valence-corrected chi connectivity index (χ0v) is 10.7. The molecular weight excluding hydrogens is 232 g/mol. The number of rotatable bonds is 1. The van der Waals surface area contributed by atoms with Crippen LogP contribution >= 0.6 is 24.2 Å². The first-order chi connectivity index (χ1) is 6.77. The molecule has 1 N–H and O–H groups in total. The molecule has 1 amide bonds. The van der Waals surface area contributed by atoms with Gasteiger partial charge in [0, 0.05) is 30.6 Å². The van der Waals surface area contributed by atoms with E-state index in [9.17, 15) is 4.79 Å². The second kappa shape index (κ2) is 5.97. The lowest BCUT2D eigenvalue weighted by Gasteiger charge is -2.32. The van der Waals surface area contributed by atoms with Gasteiger partial charge in [-0.3, -0.25) is 4.79 Å². The van der Waals surface area contributed by atoms with Gasteiger partial charge in [-0.1, -0.05) is 6.92 Å². The molecule has 2 rings (SSSR count). The fraction of sp³-hybridized carbons (Fsp3) is 0.900. The quantitative estimate of drug-likeness (QED) is 0.753. The molecule has 1 unspecified atom stereocenters. The second-order valence-electron chi connectivity index (χ2n) is 4.16. The van der Waals surface area contributed by atoms with Crippen molar-refractivity contribution >= 4 is 30.1 Å². The van der Waals surface area contributed by atoms with E-state index in [1.807, 2.05) is 11.8 Å². The Morgan fingerprint density at radius 2 is 2.33 bits per heavy atom. The van der Waals surface area contributed by atoms with Crippen LogP contribution in [0.15, 0.2) is 0 Å². The summed E-state index contributed by atoms with van der Waals surface area (Å²) in [6.07, 6.45) is 1.02. The summed E-state index contributed by atoms with van der Waals surface area (Å²) in [5.41, 5.74) is 0. The Labute approximate surface area is 102 Å². The van der Waals surface area contributed by atoms with Crippen LogP contribution in [0, 0.1) is 5.92 Å². The van der Waals surface area contributed by atoms with Crippen LogP contribution in [0.25, 0.3) is 0 Å². The summed E-state index contributed by atoms with van der Waals surface area (Å²) in [6.45, 7) is 5.99. The van der Waals surface area contributed by atoms with E-state index in [1.54, 1.807) is 0 Å². The molecule has 0 saturated carbocycles. The molecule has 0 spiro atoms. The average molecular weight is 251 g/mol. The Kier molecular flexibility index (Phi) is 5.23. The number of nitrogens with one attached hydrogen (secondary N) is 1.